The van der Waals surface area contributed by atoms with Crippen LogP contribution in [0.1, 0.15) is 51.2 Å². The van der Waals surface area contributed by atoms with Gasteiger partial charge in [-0.3, -0.25) is 9.59 Å². The molecule has 2 amide bonds. The molecule has 0 heterocycles. The summed E-state index contributed by atoms with van der Waals surface area (Å²) in [7, 11) is 0. The van der Waals surface area contributed by atoms with E-state index in [0.717, 1.165) is 10.0 Å². The van der Waals surface area contributed by atoms with E-state index in [0.29, 0.717) is 40.2 Å². The molecule has 5 nitrogen and oxygen atoms in total. The summed E-state index contributed by atoms with van der Waals surface area (Å²) >= 11 is 15.9. The molecule has 174 valence electrons. The number of nitrogens with zero attached hydrogens (tertiary/aromatic N) is 1. The van der Waals surface area contributed by atoms with E-state index in [-0.39, 0.29) is 25.0 Å². The molecule has 0 aliphatic rings. The topological polar surface area (TPSA) is 58.6 Å². The number of rotatable bonds is 10. The van der Waals surface area contributed by atoms with Crippen molar-refractivity contribution in [1.29, 1.82) is 0 Å². The van der Waals surface area contributed by atoms with Crippen LogP contribution in [0.2, 0.25) is 10.0 Å². The number of halogens is 3. The Hall–Kier alpha value is -1.76. The molecule has 0 spiro atoms. The summed E-state index contributed by atoms with van der Waals surface area (Å²) in [6.45, 7) is 8.36. The minimum atomic E-state index is -0.649. The molecule has 0 aliphatic heterocycles. The Balaban J connectivity index is 2.25. The number of likely N-dealkylation sites (N-methyl/N-ethyl adjacent to an activating group) is 1. The summed E-state index contributed by atoms with van der Waals surface area (Å²) < 4.78 is 6.59. The highest BCUT2D eigenvalue weighted by Crippen LogP contribution is 2.29. The zero-order valence-electron chi connectivity index (χ0n) is 18.8. The lowest BCUT2D eigenvalue weighted by Crippen LogP contribution is -2.50. The van der Waals surface area contributed by atoms with Crippen LogP contribution in [0, 0.1) is 0 Å². The molecular weight excluding hydrogens is 515 g/mol. The van der Waals surface area contributed by atoms with E-state index in [1.54, 1.807) is 18.2 Å². The highest BCUT2D eigenvalue weighted by atomic mass is 79.9. The molecule has 8 heteroatoms. The van der Waals surface area contributed by atoms with Crippen LogP contribution < -0.4 is 10.1 Å². The molecule has 0 aliphatic carbocycles. The van der Waals surface area contributed by atoms with Crippen LogP contribution in [0.3, 0.4) is 0 Å². The van der Waals surface area contributed by atoms with Gasteiger partial charge in [-0.05, 0) is 70.6 Å². The Bertz CT molecular complexity index is 953. The van der Waals surface area contributed by atoms with Gasteiger partial charge in [0.25, 0.3) is 5.91 Å². The lowest BCUT2D eigenvalue weighted by atomic mass is 10.0. The summed E-state index contributed by atoms with van der Waals surface area (Å²) in [4.78, 5) is 27.4. The van der Waals surface area contributed by atoms with Crippen LogP contribution in [-0.2, 0) is 16.1 Å². The lowest BCUT2D eigenvalue weighted by molar-refractivity contribution is -0.142. The predicted octanol–water partition coefficient (Wildman–Crippen LogP) is 6.20. The van der Waals surface area contributed by atoms with E-state index < -0.39 is 6.04 Å². The van der Waals surface area contributed by atoms with Crippen molar-refractivity contribution in [2.45, 2.75) is 52.6 Å². The average molecular weight is 544 g/mol. The molecule has 0 saturated carbocycles. The molecule has 0 unspecified atom stereocenters. The smallest absolute Gasteiger partial charge is 0.261 e. The Morgan fingerprint density at radius 3 is 2.41 bits per heavy atom. The quantitative estimate of drug-likeness (QED) is 0.388. The fraction of sp³-hybridized carbons (Fsp3) is 0.417. The van der Waals surface area contributed by atoms with Crippen LogP contribution in [0.15, 0.2) is 40.9 Å². The number of ether oxygens (including phenoxy) is 1. The van der Waals surface area contributed by atoms with Crippen LogP contribution >= 0.6 is 39.1 Å². The highest BCUT2D eigenvalue weighted by Gasteiger charge is 2.29. The SMILES string of the molecule is CCNC(=O)[C@H](CC)N(Cc1ccc(Cl)cc1Cl)C(=O)COc1ccc(C(C)C)cc1Br. The van der Waals surface area contributed by atoms with Crippen molar-refractivity contribution in [2.75, 3.05) is 13.2 Å². The van der Waals surface area contributed by atoms with Gasteiger partial charge in [-0.2, -0.15) is 0 Å². The fourth-order valence-electron chi connectivity index (χ4n) is 3.26. The molecule has 32 heavy (non-hydrogen) atoms. The average Bonchev–Trinajstić information content (AvgIpc) is 2.74. The minimum Gasteiger partial charge on any atom is -0.483 e. The number of benzene rings is 2. The second-order valence-corrected chi connectivity index (χ2v) is 9.41. The Kier molecular flexibility index (Phi) is 10.3. The Morgan fingerprint density at radius 1 is 1.12 bits per heavy atom. The second-order valence-electron chi connectivity index (χ2n) is 7.71. The summed E-state index contributed by atoms with van der Waals surface area (Å²) in [5, 5.41) is 3.75. The van der Waals surface area contributed by atoms with E-state index in [1.165, 1.54) is 4.90 Å². The van der Waals surface area contributed by atoms with Crippen molar-refractivity contribution < 1.29 is 14.3 Å². The maximum atomic E-state index is 13.2. The molecule has 0 fully saturated rings. The zero-order valence-corrected chi connectivity index (χ0v) is 21.9. The molecule has 2 aromatic carbocycles. The third-order valence-corrected chi connectivity index (χ3v) is 6.27. The number of carbonyl (C=O) groups excluding carboxylic acids is 2. The molecule has 0 bridgehead atoms. The molecule has 0 saturated heterocycles. The minimum absolute atomic E-state index is 0.168. The second kappa shape index (κ2) is 12.5. The van der Waals surface area contributed by atoms with Gasteiger partial charge in [0.15, 0.2) is 6.61 Å². The van der Waals surface area contributed by atoms with Crippen LogP contribution in [0.5, 0.6) is 5.75 Å². The van der Waals surface area contributed by atoms with Gasteiger partial charge in [0.1, 0.15) is 11.8 Å². The number of amides is 2. The molecule has 0 aromatic heterocycles. The highest BCUT2D eigenvalue weighted by molar-refractivity contribution is 9.10. The summed E-state index contributed by atoms with van der Waals surface area (Å²) in [6.07, 6.45) is 0.454. The number of hydrogen-bond acceptors (Lipinski definition) is 3. The van der Waals surface area contributed by atoms with Gasteiger partial charge in [-0.25, -0.2) is 0 Å². The summed E-state index contributed by atoms with van der Waals surface area (Å²) in [6, 6.07) is 10.2. The van der Waals surface area contributed by atoms with Gasteiger partial charge >= 0.3 is 0 Å². The van der Waals surface area contributed by atoms with Crippen molar-refractivity contribution in [3.63, 3.8) is 0 Å². The Labute approximate surface area is 208 Å². The van der Waals surface area contributed by atoms with Crippen molar-refractivity contribution in [3.8, 4) is 5.75 Å². The molecule has 2 aromatic rings. The third-order valence-electron chi connectivity index (χ3n) is 5.07. The van der Waals surface area contributed by atoms with E-state index in [2.05, 4.69) is 35.1 Å². The maximum Gasteiger partial charge on any atom is 0.261 e. The van der Waals surface area contributed by atoms with Gasteiger partial charge in [0.2, 0.25) is 5.91 Å². The summed E-state index contributed by atoms with van der Waals surface area (Å²) in [5.41, 5.74) is 1.87. The van der Waals surface area contributed by atoms with Crippen molar-refractivity contribution in [1.82, 2.24) is 10.2 Å². The van der Waals surface area contributed by atoms with E-state index in [4.69, 9.17) is 27.9 Å². The van der Waals surface area contributed by atoms with Crippen molar-refractivity contribution in [2.24, 2.45) is 0 Å². The van der Waals surface area contributed by atoms with Crippen molar-refractivity contribution in [3.05, 3.63) is 62.0 Å². The van der Waals surface area contributed by atoms with Crippen LogP contribution in [0.25, 0.3) is 0 Å². The first kappa shape index (κ1) is 26.5. The number of carbonyl (C=O) groups is 2. The van der Waals surface area contributed by atoms with E-state index in [9.17, 15) is 9.59 Å². The van der Waals surface area contributed by atoms with Crippen LogP contribution in [0.4, 0.5) is 0 Å². The number of nitrogens with one attached hydrogen (secondary N) is 1. The monoisotopic (exact) mass is 542 g/mol. The van der Waals surface area contributed by atoms with Gasteiger partial charge in [0.05, 0.1) is 4.47 Å². The van der Waals surface area contributed by atoms with Gasteiger partial charge < -0.3 is 15.0 Å². The maximum absolute atomic E-state index is 13.2. The Morgan fingerprint density at radius 2 is 1.84 bits per heavy atom. The third kappa shape index (κ3) is 7.12. The predicted molar refractivity (Wildman–Crippen MR) is 134 cm³/mol. The molecule has 2 rings (SSSR count). The van der Waals surface area contributed by atoms with Gasteiger partial charge in [-0.1, -0.05) is 56.1 Å². The van der Waals surface area contributed by atoms with Crippen LogP contribution in [-0.4, -0.2) is 35.9 Å². The lowest BCUT2D eigenvalue weighted by Gasteiger charge is -2.30. The first-order valence-electron chi connectivity index (χ1n) is 10.6. The standard InChI is InChI=1S/C24H29BrCl2N2O3/c1-5-21(24(31)28-6-2)29(13-17-7-9-18(26)12-20(17)27)23(30)14-32-22-10-8-16(15(3)4)11-19(22)25/h7-12,15,21H,5-6,13-14H2,1-4H3,(H,28,31)/t21-/m0/s1. The largest absolute Gasteiger partial charge is 0.483 e. The molecular formula is C24H29BrCl2N2O3. The number of hydrogen-bond donors (Lipinski definition) is 1. The van der Waals surface area contributed by atoms with Gasteiger partial charge in [-0.15, -0.1) is 0 Å². The molecule has 0 radical (unpaired) electrons. The van der Waals surface area contributed by atoms with Gasteiger partial charge in [0, 0.05) is 23.1 Å². The molecule has 1 atom stereocenters. The van der Waals surface area contributed by atoms with E-state index in [1.807, 2.05) is 32.0 Å². The normalized spacial score (nSPS) is 11.9. The summed E-state index contributed by atoms with van der Waals surface area (Å²) in [5.74, 6) is 0.423. The molecule has 1 N–H and O–H groups in total. The zero-order chi connectivity index (χ0) is 23.8. The first-order valence-corrected chi connectivity index (χ1v) is 12.2. The van der Waals surface area contributed by atoms with Crippen molar-refractivity contribution >= 4 is 50.9 Å². The fourth-order valence-corrected chi connectivity index (χ4v) is 4.24. The van der Waals surface area contributed by atoms with E-state index >= 15 is 0 Å². The first-order chi connectivity index (χ1) is 15.2.